The molecule has 1 heterocycles. The Balaban J connectivity index is 2.40. The van der Waals surface area contributed by atoms with Gasteiger partial charge < -0.3 is 4.55 Å². The van der Waals surface area contributed by atoms with Crippen molar-refractivity contribution in [2.75, 3.05) is 0 Å². The van der Waals surface area contributed by atoms with Crippen LogP contribution in [0.5, 0.6) is 0 Å². The molecule has 6 heteroatoms. The molecule has 0 aliphatic carbocycles. The predicted molar refractivity (Wildman–Crippen MR) is 75.6 cm³/mol. The maximum Gasteiger partial charge on any atom is 0.184 e. The highest BCUT2D eigenvalue weighted by Gasteiger charge is 2.21. The molecule has 0 aliphatic rings. The molecule has 0 saturated heterocycles. The van der Waals surface area contributed by atoms with Crippen LogP contribution in [0.3, 0.4) is 0 Å². The summed E-state index contributed by atoms with van der Waals surface area (Å²) in [6.45, 7) is 0. The van der Waals surface area contributed by atoms with E-state index in [1.807, 2.05) is 18.2 Å². The van der Waals surface area contributed by atoms with Crippen molar-refractivity contribution >= 4 is 54.4 Å². The molecule has 0 radical (unpaired) electrons. The maximum atomic E-state index is 12.3. The van der Waals surface area contributed by atoms with Gasteiger partial charge in [-0.1, -0.05) is 22.0 Å². The first kappa shape index (κ1) is 13.1. The second-order valence-corrected chi connectivity index (χ2v) is 7.82. The van der Waals surface area contributed by atoms with Crippen LogP contribution >= 0.6 is 43.2 Å². The molecule has 0 aliphatic heterocycles. The van der Waals surface area contributed by atoms with E-state index < -0.39 is 11.2 Å². The summed E-state index contributed by atoms with van der Waals surface area (Å²) in [5.74, 6) is 0. The summed E-state index contributed by atoms with van der Waals surface area (Å²) >= 11 is 6.71. The first-order chi connectivity index (χ1) is 8.11. The SMILES string of the molecule is N#Cc1cc([S+]([O-])c2cccc(Br)c2)c(Br)s1. The van der Waals surface area contributed by atoms with Crippen LogP contribution in [0.15, 0.2) is 48.4 Å². The summed E-state index contributed by atoms with van der Waals surface area (Å²) in [6.07, 6.45) is 0. The zero-order valence-corrected chi connectivity index (χ0v) is 13.1. The fourth-order valence-corrected chi connectivity index (χ4v) is 4.93. The Morgan fingerprint density at radius 2 is 2.06 bits per heavy atom. The number of thiophene rings is 1. The number of rotatable bonds is 2. The molecule has 0 fully saturated rings. The third-order valence-corrected chi connectivity index (χ3v) is 6.00. The Kier molecular flexibility index (Phi) is 4.28. The van der Waals surface area contributed by atoms with E-state index in [0.717, 1.165) is 8.26 Å². The van der Waals surface area contributed by atoms with Crippen LogP contribution in [-0.4, -0.2) is 4.55 Å². The molecule has 2 aromatic rings. The van der Waals surface area contributed by atoms with Crippen LogP contribution in [-0.2, 0) is 11.2 Å². The van der Waals surface area contributed by atoms with Crippen molar-refractivity contribution < 1.29 is 4.55 Å². The van der Waals surface area contributed by atoms with Gasteiger partial charge in [0, 0.05) is 27.8 Å². The third kappa shape index (κ3) is 2.92. The Morgan fingerprint density at radius 3 is 2.65 bits per heavy atom. The van der Waals surface area contributed by atoms with Gasteiger partial charge in [0.05, 0.1) is 0 Å². The molecule has 17 heavy (non-hydrogen) atoms. The Labute approximate surface area is 123 Å². The van der Waals surface area contributed by atoms with E-state index in [2.05, 4.69) is 37.9 Å². The number of benzene rings is 1. The van der Waals surface area contributed by atoms with Crippen molar-refractivity contribution in [2.24, 2.45) is 0 Å². The maximum absolute atomic E-state index is 12.3. The largest absolute Gasteiger partial charge is 0.606 e. The molecule has 1 aromatic heterocycles. The molecule has 0 spiro atoms. The molecule has 1 aromatic carbocycles. The van der Waals surface area contributed by atoms with Crippen LogP contribution < -0.4 is 0 Å². The fourth-order valence-electron chi connectivity index (χ4n) is 1.24. The van der Waals surface area contributed by atoms with Crippen LogP contribution in [0.1, 0.15) is 4.88 Å². The topological polar surface area (TPSA) is 46.8 Å². The van der Waals surface area contributed by atoms with E-state index >= 15 is 0 Å². The number of halogens is 2. The lowest BCUT2D eigenvalue weighted by molar-refractivity contribution is 0.595. The van der Waals surface area contributed by atoms with Gasteiger partial charge in [-0.25, -0.2) is 0 Å². The van der Waals surface area contributed by atoms with Gasteiger partial charge >= 0.3 is 0 Å². The van der Waals surface area contributed by atoms with E-state index in [1.165, 1.54) is 11.3 Å². The lowest BCUT2D eigenvalue weighted by Crippen LogP contribution is -2.01. The summed E-state index contributed by atoms with van der Waals surface area (Å²) in [7, 11) is 0. The minimum absolute atomic E-state index is 0.551. The normalized spacial score (nSPS) is 12.1. The van der Waals surface area contributed by atoms with Crippen LogP contribution in [0.4, 0.5) is 0 Å². The molecule has 2 rings (SSSR count). The number of hydrogen-bond acceptors (Lipinski definition) is 3. The third-order valence-electron chi connectivity index (χ3n) is 1.98. The lowest BCUT2D eigenvalue weighted by atomic mass is 10.4. The fraction of sp³-hybridized carbons (Fsp3) is 0. The summed E-state index contributed by atoms with van der Waals surface area (Å²) < 4.78 is 13.9. The van der Waals surface area contributed by atoms with Gasteiger partial charge in [0.25, 0.3) is 0 Å². The van der Waals surface area contributed by atoms with E-state index in [4.69, 9.17) is 5.26 Å². The van der Waals surface area contributed by atoms with Crippen molar-refractivity contribution in [3.63, 3.8) is 0 Å². The number of nitriles is 1. The lowest BCUT2D eigenvalue weighted by Gasteiger charge is -2.08. The molecule has 1 atom stereocenters. The van der Waals surface area contributed by atoms with Crippen molar-refractivity contribution in [1.29, 1.82) is 5.26 Å². The van der Waals surface area contributed by atoms with Crippen LogP contribution in [0.2, 0.25) is 0 Å². The van der Waals surface area contributed by atoms with E-state index in [9.17, 15) is 4.55 Å². The smallest absolute Gasteiger partial charge is 0.184 e. The van der Waals surface area contributed by atoms with Gasteiger partial charge in [-0.05, 0) is 28.1 Å². The summed E-state index contributed by atoms with van der Waals surface area (Å²) in [5, 5.41) is 8.80. The van der Waals surface area contributed by atoms with Gasteiger partial charge in [0.1, 0.15) is 14.7 Å². The molecular formula is C11H5Br2NOS2. The Morgan fingerprint density at radius 1 is 1.29 bits per heavy atom. The standard InChI is InChI=1S/C11H5Br2NOS2/c12-7-2-1-3-9(4-7)17(15)10-5-8(6-14)16-11(10)13/h1-5H. The highest BCUT2D eigenvalue weighted by molar-refractivity contribution is 9.11. The minimum Gasteiger partial charge on any atom is -0.606 e. The summed E-state index contributed by atoms with van der Waals surface area (Å²) in [4.78, 5) is 1.90. The van der Waals surface area contributed by atoms with Gasteiger partial charge in [-0.3, -0.25) is 0 Å². The zero-order valence-electron chi connectivity index (χ0n) is 8.31. The molecule has 0 N–H and O–H groups in total. The molecule has 0 amide bonds. The molecule has 0 saturated carbocycles. The first-order valence-electron chi connectivity index (χ1n) is 4.48. The highest BCUT2D eigenvalue weighted by atomic mass is 79.9. The van der Waals surface area contributed by atoms with Crippen LogP contribution in [0.25, 0.3) is 0 Å². The average Bonchev–Trinajstić information content (AvgIpc) is 2.69. The molecule has 86 valence electrons. The summed E-state index contributed by atoms with van der Waals surface area (Å²) in [6, 6.07) is 11.0. The molecule has 1 unspecified atom stereocenters. The van der Waals surface area contributed by atoms with Crippen molar-refractivity contribution in [1.82, 2.24) is 0 Å². The average molecular weight is 391 g/mol. The van der Waals surface area contributed by atoms with Gasteiger partial charge in [-0.15, -0.1) is 11.3 Å². The molecule has 0 bridgehead atoms. The number of nitrogens with zero attached hydrogens (tertiary/aromatic N) is 1. The van der Waals surface area contributed by atoms with E-state index in [-0.39, 0.29) is 0 Å². The second-order valence-electron chi connectivity index (χ2n) is 3.09. The zero-order chi connectivity index (χ0) is 12.4. The Hall–Kier alpha value is -0.320. The van der Waals surface area contributed by atoms with Gasteiger partial charge in [0.15, 0.2) is 9.79 Å². The van der Waals surface area contributed by atoms with Gasteiger partial charge in [-0.2, -0.15) is 5.26 Å². The van der Waals surface area contributed by atoms with Crippen molar-refractivity contribution in [3.8, 4) is 6.07 Å². The monoisotopic (exact) mass is 389 g/mol. The molecular weight excluding hydrogens is 386 g/mol. The van der Waals surface area contributed by atoms with Crippen molar-refractivity contribution in [2.45, 2.75) is 9.79 Å². The predicted octanol–water partition coefficient (Wildman–Crippen LogP) is 4.31. The van der Waals surface area contributed by atoms with Crippen molar-refractivity contribution in [3.05, 3.63) is 43.5 Å². The summed E-state index contributed by atoms with van der Waals surface area (Å²) in [5.41, 5.74) is 0. The van der Waals surface area contributed by atoms with E-state index in [0.29, 0.717) is 14.7 Å². The second kappa shape index (κ2) is 5.55. The molecule has 2 nitrogen and oxygen atoms in total. The Bertz CT molecular complexity index is 591. The number of hydrogen-bond donors (Lipinski definition) is 0. The van der Waals surface area contributed by atoms with Crippen LogP contribution in [0, 0.1) is 11.3 Å². The van der Waals surface area contributed by atoms with Gasteiger partial charge in [0.2, 0.25) is 0 Å². The quantitative estimate of drug-likeness (QED) is 0.717. The first-order valence-corrected chi connectivity index (χ1v) is 8.04. The van der Waals surface area contributed by atoms with E-state index in [1.54, 1.807) is 12.1 Å². The highest BCUT2D eigenvalue weighted by Crippen LogP contribution is 2.35. The minimum atomic E-state index is -1.27.